The molecule has 1 aromatic rings. The molecule has 1 N–H and O–H groups in total. The van der Waals surface area contributed by atoms with Gasteiger partial charge < -0.3 is 10.1 Å². The van der Waals surface area contributed by atoms with E-state index in [2.05, 4.69) is 36.5 Å². The third-order valence-corrected chi connectivity index (χ3v) is 4.17. The van der Waals surface area contributed by atoms with Crippen LogP contribution in [0.4, 0.5) is 0 Å². The molecule has 0 amide bonds. The van der Waals surface area contributed by atoms with Crippen molar-refractivity contribution >= 4 is 0 Å². The first-order chi connectivity index (χ1) is 8.86. The third kappa shape index (κ3) is 2.69. The van der Waals surface area contributed by atoms with E-state index in [1.54, 1.807) is 0 Å². The Morgan fingerprint density at radius 1 is 1.33 bits per heavy atom. The second-order valence-corrected chi connectivity index (χ2v) is 5.65. The molecule has 1 fully saturated rings. The van der Waals surface area contributed by atoms with Crippen molar-refractivity contribution in [1.29, 1.82) is 0 Å². The van der Waals surface area contributed by atoms with Crippen molar-refractivity contribution in [2.24, 2.45) is 5.92 Å². The quantitative estimate of drug-likeness (QED) is 0.831. The van der Waals surface area contributed by atoms with Gasteiger partial charge in [-0.15, -0.1) is 0 Å². The van der Waals surface area contributed by atoms with E-state index in [9.17, 15) is 0 Å². The zero-order valence-electron chi connectivity index (χ0n) is 11.2. The van der Waals surface area contributed by atoms with Gasteiger partial charge in [-0.3, -0.25) is 0 Å². The summed E-state index contributed by atoms with van der Waals surface area (Å²) < 4.78 is 6.11. The third-order valence-electron chi connectivity index (χ3n) is 4.17. The van der Waals surface area contributed by atoms with E-state index < -0.39 is 0 Å². The lowest BCUT2D eigenvalue weighted by atomic mass is 9.99. The van der Waals surface area contributed by atoms with E-state index in [-0.39, 0.29) is 0 Å². The maximum absolute atomic E-state index is 6.11. The van der Waals surface area contributed by atoms with Gasteiger partial charge in [0.15, 0.2) is 0 Å². The van der Waals surface area contributed by atoms with Gasteiger partial charge in [0.25, 0.3) is 0 Å². The fraction of sp³-hybridized carbons (Fsp3) is 0.625. The lowest BCUT2D eigenvalue weighted by molar-refractivity contribution is 0.170. The minimum absolute atomic E-state index is 0.334. The highest BCUT2D eigenvalue weighted by molar-refractivity contribution is 5.37. The van der Waals surface area contributed by atoms with E-state index in [4.69, 9.17) is 4.74 Å². The molecule has 0 bridgehead atoms. The molecule has 0 aromatic heterocycles. The van der Waals surface area contributed by atoms with E-state index in [0.717, 1.165) is 24.6 Å². The van der Waals surface area contributed by atoms with E-state index in [0.29, 0.717) is 12.1 Å². The predicted octanol–water partition coefficient (Wildman–Crippen LogP) is 3.16. The van der Waals surface area contributed by atoms with Gasteiger partial charge in [0.05, 0.1) is 0 Å². The number of hydrogen-bond donors (Lipinski definition) is 1. The molecule has 1 aromatic carbocycles. The van der Waals surface area contributed by atoms with E-state index in [1.165, 1.54) is 31.2 Å². The van der Waals surface area contributed by atoms with Crippen molar-refractivity contribution in [2.75, 3.05) is 6.54 Å². The minimum atomic E-state index is 0.334. The van der Waals surface area contributed by atoms with Crippen molar-refractivity contribution in [3.63, 3.8) is 0 Å². The molecule has 1 aliphatic heterocycles. The molecule has 1 aliphatic carbocycles. The smallest absolute Gasteiger partial charge is 0.123 e. The van der Waals surface area contributed by atoms with Crippen molar-refractivity contribution in [1.82, 2.24) is 5.32 Å². The zero-order valence-corrected chi connectivity index (χ0v) is 11.2. The predicted molar refractivity (Wildman–Crippen MR) is 74.0 cm³/mol. The first-order valence-corrected chi connectivity index (χ1v) is 7.34. The summed E-state index contributed by atoms with van der Waals surface area (Å²) in [5.41, 5.74) is 1.37. The minimum Gasteiger partial charge on any atom is -0.488 e. The van der Waals surface area contributed by atoms with Crippen LogP contribution in [0.15, 0.2) is 24.3 Å². The van der Waals surface area contributed by atoms with Crippen LogP contribution in [0.1, 0.15) is 38.2 Å². The van der Waals surface area contributed by atoms with Gasteiger partial charge >= 0.3 is 0 Å². The number of fused-ring (bicyclic) bond motifs is 1. The van der Waals surface area contributed by atoms with Crippen molar-refractivity contribution in [3.8, 4) is 5.75 Å². The lowest BCUT2D eigenvalue weighted by Gasteiger charge is -2.24. The molecule has 98 valence electrons. The molecule has 3 rings (SSSR count). The number of likely N-dealkylation sites (N-methyl/N-ethyl adjacent to an activating group) is 1. The van der Waals surface area contributed by atoms with Gasteiger partial charge in [0.1, 0.15) is 11.9 Å². The van der Waals surface area contributed by atoms with Crippen LogP contribution >= 0.6 is 0 Å². The Hall–Kier alpha value is -1.02. The molecule has 0 spiro atoms. The van der Waals surface area contributed by atoms with Crippen LogP contribution in [0.2, 0.25) is 0 Å². The van der Waals surface area contributed by atoms with Gasteiger partial charge in [0, 0.05) is 12.5 Å². The summed E-state index contributed by atoms with van der Waals surface area (Å²) in [6.45, 7) is 3.22. The van der Waals surface area contributed by atoms with Crippen LogP contribution in [0.25, 0.3) is 0 Å². The number of nitrogens with one attached hydrogen (secondary N) is 1. The molecule has 2 unspecified atom stereocenters. The molecule has 1 heterocycles. The summed E-state index contributed by atoms with van der Waals surface area (Å²) in [7, 11) is 0. The topological polar surface area (TPSA) is 21.3 Å². The van der Waals surface area contributed by atoms with Gasteiger partial charge in [0.2, 0.25) is 0 Å². The number of rotatable bonds is 6. The summed E-state index contributed by atoms with van der Waals surface area (Å²) in [5.74, 6) is 2.10. The Labute approximate surface area is 110 Å². The Kier molecular flexibility index (Phi) is 3.55. The molecule has 2 heteroatoms. The number of para-hydroxylation sites is 1. The lowest BCUT2D eigenvalue weighted by Crippen LogP contribution is -2.42. The molecule has 0 radical (unpaired) electrons. The highest BCUT2D eigenvalue weighted by Gasteiger charge is 2.31. The largest absolute Gasteiger partial charge is 0.488 e. The van der Waals surface area contributed by atoms with E-state index in [1.807, 2.05) is 0 Å². The van der Waals surface area contributed by atoms with E-state index >= 15 is 0 Å². The highest BCUT2D eigenvalue weighted by Crippen LogP contribution is 2.36. The summed E-state index contributed by atoms with van der Waals surface area (Å²) in [6.07, 6.45) is 6.93. The van der Waals surface area contributed by atoms with Crippen molar-refractivity contribution in [3.05, 3.63) is 29.8 Å². The van der Waals surface area contributed by atoms with Gasteiger partial charge in [-0.05, 0) is 36.9 Å². The average molecular weight is 245 g/mol. The molecular weight excluding hydrogens is 222 g/mol. The zero-order chi connectivity index (χ0) is 12.4. The van der Waals surface area contributed by atoms with Crippen molar-refractivity contribution < 1.29 is 4.74 Å². The molecular formula is C16H23NO. The second kappa shape index (κ2) is 5.31. The fourth-order valence-electron chi connectivity index (χ4n) is 2.94. The first kappa shape index (κ1) is 12.0. The molecule has 2 aliphatic rings. The molecule has 0 saturated heterocycles. The molecule has 18 heavy (non-hydrogen) atoms. The Balaban J connectivity index is 1.61. The van der Waals surface area contributed by atoms with Crippen LogP contribution in [0, 0.1) is 5.92 Å². The highest BCUT2D eigenvalue weighted by atomic mass is 16.5. The molecule has 1 saturated carbocycles. The first-order valence-electron chi connectivity index (χ1n) is 7.34. The maximum atomic E-state index is 6.11. The Morgan fingerprint density at radius 2 is 2.17 bits per heavy atom. The summed E-state index contributed by atoms with van der Waals surface area (Å²) in [6, 6.07) is 8.98. The van der Waals surface area contributed by atoms with Gasteiger partial charge in [-0.25, -0.2) is 0 Å². The SMILES string of the molecule is CCNC(CCC1CC1)C1Cc2ccccc2O1. The van der Waals surface area contributed by atoms with Crippen LogP contribution in [-0.2, 0) is 6.42 Å². The Morgan fingerprint density at radius 3 is 2.89 bits per heavy atom. The van der Waals surface area contributed by atoms with Crippen LogP contribution in [-0.4, -0.2) is 18.7 Å². The summed E-state index contributed by atoms with van der Waals surface area (Å²) >= 11 is 0. The number of benzene rings is 1. The Bertz CT molecular complexity index is 375. The molecule has 2 atom stereocenters. The second-order valence-electron chi connectivity index (χ2n) is 5.65. The summed E-state index contributed by atoms with van der Waals surface area (Å²) in [5, 5.41) is 3.62. The number of ether oxygens (including phenoxy) is 1. The van der Waals surface area contributed by atoms with Gasteiger partial charge in [-0.1, -0.05) is 38.0 Å². The van der Waals surface area contributed by atoms with Gasteiger partial charge in [-0.2, -0.15) is 0 Å². The standard InChI is InChI=1S/C16H23NO/c1-2-17-14(10-9-12-7-8-12)16-11-13-5-3-4-6-15(13)18-16/h3-6,12,14,16-17H,2,7-11H2,1H3. The van der Waals surface area contributed by atoms with Crippen LogP contribution < -0.4 is 10.1 Å². The molecule has 2 nitrogen and oxygen atoms in total. The van der Waals surface area contributed by atoms with Crippen LogP contribution in [0.5, 0.6) is 5.75 Å². The monoisotopic (exact) mass is 245 g/mol. The summed E-state index contributed by atoms with van der Waals surface area (Å²) in [4.78, 5) is 0. The maximum Gasteiger partial charge on any atom is 0.123 e. The fourth-order valence-corrected chi connectivity index (χ4v) is 2.94. The normalized spacial score (nSPS) is 23.5. The van der Waals surface area contributed by atoms with Crippen molar-refractivity contribution in [2.45, 2.75) is 51.2 Å². The number of hydrogen-bond acceptors (Lipinski definition) is 2. The average Bonchev–Trinajstić information content (AvgIpc) is 3.11. The van der Waals surface area contributed by atoms with Crippen LogP contribution in [0.3, 0.4) is 0 Å².